The van der Waals surface area contributed by atoms with Crippen molar-refractivity contribution in [2.24, 2.45) is 7.05 Å². The Morgan fingerprint density at radius 3 is 2.53 bits per heavy atom. The third-order valence-electron chi connectivity index (χ3n) is 5.64. The third-order valence-corrected chi connectivity index (χ3v) is 5.64. The lowest BCUT2D eigenvalue weighted by molar-refractivity contribution is -0.391. The highest BCUT2D eigenvalue weighted by Crippen LogP contribution is 2.29. The second kappa shape index (κ2) is 10.9. The molecule has 184 valence electrons. The summed E-state index contributed by atoms with van der Waals surface area (Å²) >= 11 is 0. The maximum atomic E-state index is 12.9. The zero-order chi connectivity index (χ0) is 24.9. The monoisotopic (exact) mass is 494 g/mol. The van der Waals surface area contributed by atoms with Crippen molar-refractivity contribution in [1.82, 2.24) is 14.5 Å². The smallest absolute Gasteiger partial charge is 0.394 e. The second-order valence-corrected chi connectivity index (χ2v) is 8.85. The van der Waals surface area contributed by atoms with Gasteiger partial charge in [-0.25, -0.2) is 9.55 Å². The third kappa shape index (κ3) is 6.93. The van der Waals surface area contributed by atoms with Crippen molar-refractivity contribution < 1.29 is 32.0 Å². The number of hydrogen-bond donors (Lipinski definition) is 2. The van der Waals surface area contributed by atoms with Crippen molar-refractivity contribution in [3.63, 3.8) is 0 Å². The van der Waals surface area contributed by atoms with Crippen molar-refractivity contribution in [3.8, 4) is 5.75 Å². The van der Waals surface area contributed by atoms with Crippen LogP contribution in [-0.4, -0.2) is 68.9 Å². The van der Waals surface area contributed by atoms with Crippen LogP contribution in [0.2, 0.25) is 0 Å². The van der Waals surface area contributed by atoms with Crippen LogP contribution in [0.15, 0.2) is 30.0 Å². The first-order valence-corrected chi connectivity index (χ1v) is 12.0. The standard InChI is InChI=1S/C21H24N4O4.H2O4S/c1-23-19(22-14-20(23)25(27)28)13-16-5-4-15-12-17(6-7-18(15)21(16)26)29-11-10-24-8-2-3-9-24;1-5(2,3)4/h6-7,12-14H,2-5,8-11H2,1H3;(H2,1,2,3,4)/b16-13+;. The molecule has 1 aliphatic heterocycles. The molecule has 4 rings (SSSR count). The molecule has 1 aromatic heterocycles. The van der Waals surface area contributed by atoms with Crippen LogP contribution in [0.1, 0.15) is 41.0 Å². The van der Waals surface area contributed by atoms with E-state index in [1.165, 1.54) is 23.6 Å². The van der Waals surface area contributed by atoms with Crippen LogP contribution in [-0.2, 0) is 23.9 Å². The Hall–Kier alpha value is -3.13. The van der Waals surface area contributed by atoms with Gasteiger partial charge in [-0.15, -0.1) is 0 Å². The number of ether oxygens (including phenoxy) is 1. The predicted molar refractivity (Wildman–Crippen MR) is 122 cm³/mol. The lowest BCUT2D eigenvalue weighted by Gasteiger charge is -2.19. The number of hydrogen-bond acceptors (Lipinski definition) is 8. The van der Waals surface area contributed by atoms with Crippen molar-refractivity contribution in [1.29, 1.82) is 0 Å². The number of likely N-dealkylation sites (tertiary alicyclic amines) is 1. The van der Waals surface area contributed by atoms with Crippen LogP contribution in [0.5, 0.6) is 5.75 Å². The minimum absolute atomic E-state index is 0.0551. The van der Waals surface area contributed by atoms with E-state index in [4.69, 9.17) is 22.3 Å². The molecule has 12 nitrogen and oxygen atoms in total. The number of ketones is 1. The van der Waals surface area contributed by atoms with Gasteiger partial charge in [-0.05, 0) is 67.5 Å². The van der Waals surface area contributed by atoms with Crippen LogP contribution in [0.4, 0.5) is 5.82 Å². The molecule has 2 aliphatic rings. The Labute approximate surface area is 196 Å². The molecule has 1 saturated heterocycles. The molecule has 34 heavy (non-hydrogen) atoms. The minimum atomic E-state index is -4.67. The number of rotatable bonds is 6. The van der Waals surface area contributed by atoms with Gasteiger partial charge in [0.05, 0.1) is 7.05 Å². The number of carbonyl (C=O) groups excluding carboxylic acids is 1. The first kappa shape index (κ1) is 25.5. The Morgan fingerprint density at radius 1 is 1.24 bits per heavy atom. The Balaban J connectivity index is 0.000000588. The normalized spacial score (nSPS) is 17.3. The molecule has 0 spiro atoms. The number of benzene rings is 1. The summed E-state index contributed by atoms with van der Waals surface area (Å²) in [7, 11) is -3.09. The van der Waals surface area contributed by atoms with E-state index in [0.717, 1.165) is 37.4 Å². The quantitative estimate of drug-likeness (QED) is 0.263. The molecule has 0 unspecified atom stereocenters. The van der Waals surface area contributed by atoms with Crippen molar-refractivity contribution >= 4 is 28.1 Å². The van der Waals surface area contributed by atoms with E-state index in [1.54, 1.807) is 13.1 Å². The fraction of sp³-hybridized carbons (Fsp3) is 0.429. The number of aromatic nitrogens is 2. The molecule has 0 amide bonds. The van der Waals surface area contributed by atoms with E-state index in [-0.39, 0.29) is 11.6 Å². The molecule has 1 aromatic carbocycles. The average molecular weight is 495 g/mol. The van der Waals surface area contributed by atoms with Gasteiger partial charge in [0.25, 0.3) is 0 Å². The maximum Gasteiger partial charge on any atom is 0.394 e. The minimum Gasteiger partial charge on any atom is -0.492 e. The lowest BCUT2D eigenvalue weighted by atomic mass is 9.86. The van der Waals surface area contributed by atoms with E-state index in [2.05, 4.69) is 9.88 Å². The Kier molecular flexibility index (Phi) is 8.15. The van der Waals surface area contributed by atoms with E-state index in [9.17, 15) is 14.9 Å². The van der Waals surface area contributed by atoms with Crippen molar-refractivity contribution in [2.45, 2.75) is 25.7 Å². The molecule has 0 bridgehead atoms. The van der Waals surface area contributed by atoms with Gasteiger partial charge in [-0.1, -0.05) is 0 Å². The highest BCUT2D eigenvalue weighted by atomic mass is 32.3. The van der Waals surface area contributed by atoms with Crippen LogP contribution >= 0.6 is 0 Å². The summed E-state index contributed by atoms with van der Waals surface area (Å²) in [5.74, 6) is 1.05. The number of nitro groups is 1. The number of allylic oxidation sites excluding steroid dienone is 1. The summed E-state index contributed by atoms with van der Waals surface area (Å²) in [5, 5.41) is 11.0. The maximum absolute atomic E-state index is 12.9. The molecule has 0 atom stereocenters. The molecule has 2 N–H and O–H groups in total. The van der Waals surface area contributed by atoms with Gasteiger partial charge in [-0.2, -0.15) is 8.42 Å². The average Bonchev–Trinajstić information content (AvgIpc) is 3.39. The molecular weight excluding hydrogens is 468 g/mol. The summed E-state index contributed by atoms with van der Waals surface area (Å²) in [4.78, 5) is 29.9. The van der Waals surface area contributed by atoms with E-state index < -0.39 is 15.3 Å². The van der Waals surface area contributed by atoms with Gasteiger partial charge in [0.15, 0.2) is 5.78 Å². The number of carbonyl (C=O) groups is 1. The van der Waals surface area contributed by atoms with Gasteiger partial charge in [0.2, 0.25) is 5.82 Å². The zero-order valence-corrected chi connectivity index (χ0v) is 19.4. The number of aryl methyl sites for hydroxylation is 1. The van der Waals surface area contributed by atoms with Crippen LogP contribution in [0.3, 0.4) is 0 Å². The molecule has 1 fully saturated rings. The summed E-state index contributed by atoms with van der Waals surface area (Å²) in [6.07, 6.45) is 6.69. The summed E-state index contributed by atoms with van der Waals surface area (Å²) in [5.41, 5.74) is 2.26. The second-order valence-electron chi connectivity index (χ2n) is 7.95. The molecule has 2 aromatic rings. The van der Waals surface area contributed by atoms with Crippen LogP contribution < -0.4 is 4.74 Å². The number of nitrogens with zero attached hydrogens (tertiary/aromatic N) is 4. The number of Topliss-reactive ketones (excluding diaryl/α,β-unsaturated/α-hetero) is 1. The Morgan fingerprint density at radius 2 is 1.91 bits per heavy atom. The van der Waals surface area contributed by atoms with Crippen molar-refractivity contribution in [3.05, 3.63) is 57.0 Å². The lowest BCUT2D eigenvalue weighted by Crippen LogP contribution is -2.25. The first-order valence-electron chi connectivity index (χ1n) is 10.6. The van der Waals surface area contributed by atoms with Gasteiger partial charge >= 0.3 is 16.2 Å². The predicted octanol–water partition coefficient (Wildman–Crippen LogP) is 2.36. The molecular formula is C21H26N4O8S. The summed E-state index contributed by atoms with van der Waals surface area (Å²) in [6.45, 7) is 3.88. The van der Waals surface area contributed by atoms with Gasteiger partial charge < -0.3 is 14.9 Å². The van der Waals surface area contributed by atoms with E-state index in [1.807, 2.05) is 18.2 Å². The highest BCUT2D eigenvalue weighted by Gasteiger charge is 2.24. The van der Waals surface area contributed by atoms with Gasteiger partial charge in [0, 0.05) is 23.8 Å². The topological polar surface area (TPSA) is 165 Å². The largest absolute Gasteiger partial charge is 0.492 e. The molecule has 13 heteroatoms. The fourth-order valence-corrected chi connectivity index (χ4v) is 3.95. The van der Waals surface area contributed by atoms with Gasteiger partial charge in [0.1, 0.15) is 18.6 Å². The highest BCUT2D eigenvalue weighted by molar-refractivity contribution is 7.79. The molecule has 1 aliphatic carbocycles. The first-order chi connectivity index (χ1) is 16.0. The van der Waals surface area contributed by atoms with Crippen LogP contribution in [0.25, 0.3) is 6.08 Å². The zero-order valence-electron chi connectivity index (χ0n) is 18.6. The fourth-order valence-electron chi connectivity index (χ4n) is 3.95. The van der Waals surface area contributed by atoms with Crippen molar-refractivity contribution in [2.75, 3.05) is 26.2 Å². The Bertz CT molecular complexity index is 1190. The molecule has 2 heterocycles. The molecule has 0 radical (unpaired) electrons. The van der Waals surface area contributed by atoms with Crippen LogP contribution in [0, 0.1) is 10.1 Å². The van der Waals surface area contributed by atoms with Gasteiger partial charge in [-0.3, -0.25) is 18.8 Å². The van der Waals surface area contributed by atoms with E-state index in [0.29, 0.717) is 30.0 Å². The van der Waals surface area contributed by atoms with E-state index >= 15 is 0 Å². The molecule has 0 saturated carbocycles. The summed E-state index contributed by atoms with van der Waals surface area (Å²) in [6, 6.07) is 5.62. The number of imidazole rings is 1. The summed E-state index contributed by atoms with van der Waals surface area (Å²) < 4.78 is 38.9. The SMILES string of the molecule is Cn1c([N+](=O)[O-])cnc1/C=C1\CCc2cc(OCCN3CCCC3)ccc2C1=O.O=S(=O)(O)O. The number of fused-ring (bicyclic) bond motifs is 1.